The summed E-state index contributed by atoms with van der Waals surface area (Å²) in [5.74, 6) is -1.06. The molecule has 1 N–H and O–H groups in total. The molecular weight excluding hydrogens is 446 g/mol. The quantitative estimate of drug-likeness (QED) is 0.361. The average Bonchev–Trinajstić information content (AvgIpc) is 3.17. The Hall–Kier alpha value is -3.20. The van der Waals surface area contributed by atoms with E-state index >= 15 is 0 Å². The van der Waals surface area contributed by atoms with Crippen LogP contribution in [0.2, 0.25) is 0 Å². The van der Waals surface area contributed by atoms with Crippen LogP contribution in [0.15, 0.2) is 29.6 Å². The molecule has 1 amide bonds. The third kappa shape index (κ3) is 8.02. The third-order valence-electron chi connectivity index (χ3n) is 4.45. The molecule has 0 saturated carbocycles. The van der Waals surface area contributed by atoms with Crippen LogP contribution < -0.4 is 10.1 Å². The van der Waals surface area contributed by atoms with Gasteiger partial charge in [0, 0.05) is 12.0 Å². The highest BCUT2D eigenvalue weighted by molar-refractivity contribution is 7.15. The fraction of sp³-hybridized carbons (Fsp3) is 0.417. The van der Waals surface area contributed by atoms with Crippen LogP contribution in [0.1, 0.15) is 60.4 Å². The minimum atomic E-state index is -0.726. The molecule has 1 aromatic heterocycles. The molecule has 0 fully saturated rings. The standard InChI is InChI=1S/C24H29NO7S/c1-5-19(26)16-7-9-18(10-8-16)31-13-21(28)32-12-20(27)25-23-22(24(29)30-6-2)17(14-33-23)11-15(3)4/h7-10,14-15H,5-6,11-13H2,1-4H3,(H,25,27). The molecule has 0 saturated heterocycles. The zero-order chi connectivity index (χ0) is 24.4. The Morgan fingerprint density at radius 1 is 1.00 bits per heavy atom. The van der Waals surface area contributed by atoms with Crippen molar-refractivity contribution in [2.45, 2.75) is 40.5 Å². The van der Waals surface area contributed by atoms with E-state index in [1.54, 1.807) is 38.1 Å². The molecule has 0 aliphatic heterocycles. The van der Waals surface area contributed by atoms with Gasteiger partial charge in [-0.1, -0.05) is 20.8 Å². The number of thiophene rings is 1. The van der Waals surface area contributed by atoms with Crippen molar-refractivity contribution in [3.05, 3.63) is 46.3 Å². The van der Waals surface area contributed by atoms with Gasteiger partial charge in [0.1, 0.15) is 10.8 Å². The summed E-state index contributed by atoms with van der Waals surface area (Å²) in [5, 5.41) is 4.81. The van der Waals surface area contributed by atoms with Crippen molar-refractivity contribution in [2.24, 2.45) is 5.92 Å². The number of nitrogens with one attached hydrogen (secondary N) is 1. The van der Waals surface area contributed by atoms with E-state index in [1.807, 2.05) is 19.2 Å². The number of ether oxygens (including phenoxy) is 3. The number of anilines is 1. The highest BCUT2D eigenvalue weighted by atomic mass is 32.1. The number of amides is 1. The van der Waals surface area contributed by atoms with Crippen LogP contribution in [-0.4, -0.2) is 43.4 Å². The highest BCUT2D eigenvalue weighted by Crippen LogP contribution is 2.31. The van der Waals surface area contributed by atoms with Crippen LogP contribution in [0.4, 0.5) is 5.00 Å². The number of benzene rings is 1. The van der Waals surface area contributed by atoms with Crippen molar-refractivity contribution in [3.8, 4) is 5.75 Å². The van der Waals surface area contributed by atoms with Gasteiger partial charge in [0.15, 0.2) is 19.0 Å². The first kappa shape index (κ1) is 26.1. The molecule has 1 aromatic carbocycles. The summed E-state index contributed by atoms with van der Waals surface area (Å²) in [5.41, 5.74) is 1.71. The van der Waals surface area contributed by atoms with Gasteiger partial charge in [-0.2, -0.15) is 0 Å². The van der Waals surface area contributed by atoms with E-state index in [4.69, 9.17) is 14.2 Å². The summed E-state index contributed by atoms with van der Waals surface area (Å²) in [6.07, 6.45) is 1.07. The smallest absolute Gasteiger partial charge is 0.344 e. The van der Waals surface area contributed by atoms with Crippen LogP contribution in [0, 0.1) is 5.92 Å². The van der Waals surface area contributed by atoms with Crippen LogP contribution in [0.5, 0.6) is 5.75 Å². The van der Waals surface area contributed by atoms with Gasteiger partial charge in [-0.05, 0) is 54.5 Å². The number of ketones is 1. The van der Waals surface area contributed by atoms with E-state index in [1.165, 1.54) is 11.3 Å². The summed E-state index contributed by atoms with van der Waals surface area (Å²) in [7, 11) is 0. The molecule has 0 aliphatic rings. The summed E-state index contributed by atoms with van der Waals surface area (Å²) >= 11 is 1.23. The first-order valence-corrected chi connectivity index (χ1v) is 11.6. The SMILES string of the molecule is CCOC(=O)c1c(CC(C)C)csc1NC(=O)COC(=O)COc1ccc(C(=O)CC)cc1. The zero-order valence-electron chi connectivity index (χ0n) is 19.3. The predicted molar refractivity (Wildman–Crippen MR) is 125 cm³/mol. The van der Waals surface area contributed by atoms with Crippen molar-refractivity contribution >= 4 is 40.0 Å². The maximum absolute atomic E-state index is 12.4. The van der Waals surface area contributed by atoms with Crippen LogP contribution in [0.25, 0.3) is 0 Å². The monoisotopic (exact) mass is 475 g/mol. The van der Waals surface area contributed by atoms with Gasteiger partial charge in [-0.15, -0.1) is 11.3 Å². The van der Waals surface area contributed by atoms with Gasteiger partial charge in [0.05, 0.1) is 12.2 Å². The molecule has 2 aromatic rings. The Bertz CT molecular complexity index is 979. The van der Waals surface area contributed by atoms with E-state index in [0.717, 1.165) is 5.56 Å². The number of carbonyl (C=O) groups excluding carboxylic acids is 4. The molecule has 0 aliphatic carbocycles. The molecule has 1 heterocycles. The highest BCUT2D eigenvalue weighted by Gasteiger charge is 2.22. The predicted octanol–water partition coefficient (Wildman–Crippen LogP) is 4.28. The lowest BCUT2D eigenvalue weighted by Crippen LogP contribution is -2.24. The second kappa shape index (κ2) is 12.7. The van der Waals surface area contributed by atoms with E-state index in [-0.39, 0.29) is 19.0 Å². The topological polar surface area (TPSA) is 108 Å². The minimum Gasteiger partial charge on any atom is -0.482 e. The molecule has 0 unspecified atom stereocenters. The molecule has 9 heteroatoms. The van der Waals surface area contributed by atoms with Crippen molar-refractivity contribution in [1.82, 2.24) is 0 Å². The molecule has 33 heavy (non-hydrogen) atoms. The maximum Gasteiger partial charge on any atom is 0.344 e. The molecule has 178 valence electrons. The molecule has 0 atom stereocenters. The fourth-order valence-electron chi connectivity index (χ4n) is 2.94. The number of esters is 2. The molecule has 0 bridgehead atoms. The Labute approximate surface area is 197 Å². The van der Waals surface area contributed by atoms with Crippen LogP contribution >= 0.6 is 11.3 Å². The van der Waals surface area contributed by atoms with Crippen LogP contribution in [0.3, 0.4) is 0 Å². The number of hydrogen-bond acceptors (Lipinski definition) is 8. The van der Waals surface area contributed by atoms with Gasteiger partial charge in [-0.3, -0.25) is 9.59 Å². The Balaban J connectivity index is 1.88. The Morgan fingerprint density at radius 3 is 2.30 bits per heavy atom. The molecular formula is C24H29NO7S. The zero-order valence-corrected chi connectivity index (χ0v) is 20.1. The Kier molecular flexibility index (Phi) is 10.1. The lowest BCUT2D eigenvalue weighted by molar-refractivity contribution is -0.149. The average molecular weight is 476 g/mol. The number of carbonyl (C=O) groups is 4. The van der Waals surface area contributed by atoms with Crippen LogP contribution in [-0.2, 0) is 25.5 Å². The third-order valence-corrected chi connectivity index (χ3v) is 5.39. The van der Waals surface area contributed by atoms with E-state index in [9.17, 15) is 19.2 Å². The summed E-state index contributed by atoms with van der Waals surface area (Å²) in [4.78, 5) is 48.2. The van der Waals surface area contributed by atoms with E-state index < -0.39 is 24.5 Å². The van der Waals surface area contributed by atoms with Gasteiger partial charge >= 0.3 is 11.9 Å². The van der Waals surface area contributed by atoms with E-state index in [2.05, 4.69) is 5.32 Å². The van der Waals surface area contributed by atoms with Crippen molar-refractivity contribution < 1.29 is 33.4 Å². The number of Topliss-reactive ketones (excluding diaryl/α,β-unsaturated/α-hetero) is 1. The molecule has 8 nitrogen and oxygen atoms in total. The maximum atomic E-state index is 12.4. The summed E-state index contributed by atoms with van der Waals surface area (Å²) < 4.78 is 15.4. The van der Waals surface area contributed by atoms with Crippen molar-refractivity contribution in [3.63, 3.8) is 0 Å². The summed E-state index contributed by atoms with van der Waals surface area (Å²) in [6.45, 7) is 6.87. The van der Waals surface area contributed by atoms with Gasteiger partial charge < -0.3 is 19.5 Å². The lowest BCUT2D eigenvalue weighted by atomic mass is 10.0. The summed E-state index contributed by atoms with van der Waals surface area (Å²) in [6, 6.07) is 6.42. The molecule has 2 rings (SSSR count). The van der Waals surface area contributed by atoms with E-state index in [0.29, 0.717) is 40.6 Å². The molecule has 0 spiro atoms. The van der Waals surface area contributed by atoms with Crippen molar-refractivity contribution in [1.29, 1.82) is 0 Å². The fourth-order valence-corrected chi connectivity index (χ4v) is 3.92. The minimum absolute atomic E-state index is 0.0140. The van der Waals surface area contributed by atoms with Gasteiger partial charge in [0.25, 0.3) is 5.91 Å². The van der Waals surface area contributed by atoms with Crippen molar-refractivity contribution in [2.75, 3.05) is 25.1 Å². The normalized spacial score (nSPS) is 10.6. The number of rotatable bonds is 12. The van der Waals surface area contributed by atoms with Gasteiger partial charge in [0.2, 0.25) is 0 Å². The lowest BCUT2D eigenvalue weighted by Gasteiger charge is -2.10. The largest absolute Gasteiger partial charge is 0.482 e. The first-order chi connectivity index (χ1) is 15.7. The number of hydrogen-bond donors (Lipinski definition) is 1. The molecule has 0 radical (unpaired) electrons. The second-order valence-corrected chi connectivity index (χ2v) is 8.46. The first-order valence-electron chi connectivity index (χ1n) is 10.7. The Morgan fingerprint density at radius 2 is 1.70 bits per heavy atom. The van der Waals surface area contributed by atoms with Gasteiger partial charge in [-0.25, -0.2) is 9.59 Å². The second-order valence-electron chi connectivity index (χ2n) is 7.58.